The molecule has 3 atom stereocenters. The Morgan fingerprint density at radius 1 is 1.69 bits per heavy atom. The van der Waals surface area contributed by atoms with Crippen LogP contribution in [0.3, 0.4) is 0 Å². The van der Waals surface area contributed by atoms with E-state index >= 15 is 0 Å². The van der Waals surface area contributed by atoms with Crippen molar-refractivity contribution in [3.05, 3.63) is 22.7 Å². The van der Waals surface area contributed by atoms with Gasteiger partial charge < -0.3 is 15.9 Å². The number of nitrogen functional groups attached to an aromatic ring is 1. The number of hydrogen-bond donors (Lipinski definition) is 3. The number of aromatic nitrogens is 2. The maximum Gasteiger partial charge on any atom is 0.350 e. The summed E-state index contributed by atoms with van der Waals surface area (Å²) in [5, 5.41) is 18.2. The summed E-state index contributed by atoms with van der Waals surface area (Å²) in [5.41, 5.74) is 4.96. The average Bonchev–Trinajstić information content (AvgIpc) is 2.59. The molecule has 0 aromatic carbocycles. The molecule has 3 unspecified atom stereocenters. The molecule has 88 valence electrons. The van der Waals surface area contributed by atoms with Crippen LogP contribution >= 0.6 is 11.8 Å². The topological polar surface area (TPSA) is 101 Å². The third-order valence-electron chi connectivity index (χ3n) is 2.55. The van der Waals surface area contributed by atoms with Gasteiger partial charge in [-0.05, 0) is 6.07 Å². The molecule has 0 radical (unpaired) electrons. The molecule has 0 aliphatic carbocycles. The zero-order chi connectivity index (χ0) is 11.7. The molecule has 0 spiro atoms. The van der Waals surface area contributed by atoms with Gasteiger partial charge >= 0.3 is 5.69 Å². The van der Waals surface area contributed by atoms with Crippen LogP contribution in [0.1, 0.15) is 11.8 Å². The molecule has 16 heavy (non-hydrogen) atoms. The predicted octanol–water partition coefficient (Wildman–Crippen LogP) is -0.817. The minimum atomic E-state index is -0.593. The highest BCUT2D eigenvalue weighted by molar-refractivity contribution is 8.00. The van der Waals surface area contributed by atoms with Crippen molar-refractivity contribution in [2.45, 2.75) is 23.1 Å². The van der Waals surface area contributed by atoms with Crippen LogP contribution in [0, 0.1) is 0 Å². The van der Waals surface area contributed by atoms with Crippen LogP contribution in [-0.4, -0.2) is 37.7 Å². The van der Waals surface area contributed by atoms with Gasteiger partial charge in [0.2, 0.25) is 0 Å². The first-order valence-electron chi connectivity index (χ1n) is 4.91. The molecule has 0 saturated carbocycles. The minimum absolute atomic E-state index is 0.0977. The van der Waals surface area contributed by atoms with Gasteiger partial charge in [-0.25, -0.2) is 4.79 Å². The Balaban J connectivity index is 2.23. The van der Waals surface area contributed by atoms with Gasteiger partial charge in [0.25, 0.3) is 0 Å². The lowest BCUT2D eigenvalue weighted by atomic mass is 10.2. The van der Waals surface area contributed by atoms with Crippen LogP contribution in [0.4, 0.5) is 5.82 Å². The van der Waals surface area contributed by atoms with E-state index in [1.807, 2.05) is 0 Å². The predicted molar refractivity (Wildman–Crippen MR) is 61.0 cm³/mol. The highest BCUT2D eigenvalue weighted by atomic mass is 32.2. The van der Waals surface area contributed by atoms with Gasteiger partial charge in [-0.3, -0.25) is 4.57 Å². The van der Waals surface area contributed by atoms with E-state index in [0.29, 0.717) is 6.42 Å². The zero-order valence-corrected chi connectivity index (χ0v) is 9.30. The fraction of sp³-hybridized carbons (Fsp3) is 0.556. The van der Waals surface area contributed by atoms with Crippen LogP contribution in [-0.2, 0) is 0 Å². The largest absolute Gasteiger partial charge is 0.395 e. The monoisotopic (exact) mass is 243 g/mol. The van der Waals surface area contributed by atoms with E-state index in [4.69, 9.17) is 10.8 Å². The van der Waals surface area contributed by atoms with Crippen molar-refractivity contribution in [3.8, 4) is 0 Å². The number of hydrogen-bond acceptors (Lipinski definition) is 6. The summed E-state index contributed by atoms with van der Waals surface area (Å²) in [6, 6.07) is 1.54. The highest BCUT2D eigenvalue weighted by Gasteiger charge is 2.34. The standard InChI is InChI=1S/C9H13N3O3S/c10-7-1-2-12(9(15)11-7)8-3-5(14)6(4-13)16-8/h1-2,5-6,8,13-14H,3-4H2,(H2,10,11,15). The first kappa shape index (κ1) is 11.4. The summed E-state index contributed by atoms with van der Waals surface area (Å²) < 4.78 is 1.43. The van der Waals surface area contributed by atoms with Crippen molar-refractivity contribution < 1.29 is 10.2 Å². The molecule has 0 bridgehead atoms. The molecule has 1 aromatic heterocycles. The molecule has 1 saturated heterocycles. The fourth-order valence-corrected chi connectivity index (χ4v) is 3.08. The molecular formula is C9H13N3O3S. The van der Waals surface area contributed by atoms with Gasteiger partial charge in [0.15, 0.2) is 0 Å². The van der Waals surface area contributed by atoms with Gasteiger partial charge in [0, 0.05) is 12.6 Å². The van der Waals surface area contributed by atoms with Crippen molar-refractivity contribution in [2.24, 2.45) is 0 Å². The number of nitrogens with two attached hydrogens (primary N) is 1. The summed E-state index contributed by atoms with van der Waals surface area (Å²) in [6.07, 6.45) is 1.40. The van der Waals surface area contributed by atoms with E-state index in [1.165, 1.54) is 16.3 Å². The molecule has 6 nitrogen and oxygen atoms in total. The summed E-state index contributed by atoms with van der Waals surface area (Å²) >= 11 is 1.37. The second kappa shape index (κ2) is 4.44. The first-order valence-corrected chi connectivity index (χ1v) is 5.85. The van der Waals surface area contributed by atoms with Gasteiger partial charge in [-0.2, -0.15) is 4.98 Å². The molecule has 4 N–H and O–H groups in total. The summed E-state index contributed by atoms with van der Waals surface area (Å²) in [6.45, 7) is -0.0977. The number of nitrogens with zero attached hydrogens (tertiary/aromatic N) is 2. The molecular weight excluding hydrogens is 230 g/mol. The van der Waals surface area contributed by atoms with Gasteiger partial charge in [-0.1, -0.05) is 0 Å². The Kier molecular flexibility index (Phi) is 3.17. The second-order valence-corrected chi connectivity index (χ2v) is 5.08. The van der Waals surface area contributed by atoms with Crippen LogP contribution in [0.15, 0.2) is 17.1 Å². The molecule has 2 heterocycles. The van der Waals surface area contributed by atoms with E-state index in [9.17, 15) is 9.90 Å². The molecule has 7 heteroatoms. The summed E-state index contributed by atoms with van der Waals surface area (Å²) in [7, 11) is 0. The fourth-order valence-electron chi connectivity index (χ4n) is 1.70. The van der Waals surface area contributed by atoms with Crippen LogP contribution in [0.25, 0.3) is 0 Å². The maximum atomic E-state index is 11.5. The Labute approximate surface area is 96.1 Å². The van der Waals surface area contributed by atoms with Crippen molar-refractivity contribution in [3.63, 3.8) is 0 Å². The zero-order valence-electron chi connectivity index (χ0n) is 8.48. The number of aliphatic hydroxyl groups excluding tert-OH is 2. The molecule has 1 fully saturated rings. The van der Waals surface area contributed by atoms with Gasteiger partial charge in [-0.15, -0.1) is 11.8 Å². The van der Waals surface area contributed by atoms with Crippen LogP contribution in [0.5, 0.6) is 0 Å². The molecule has 1 aromatic rings. The van der Waals surface area contributed by atoms with Gasteiger partial charge in [0.1, 0.15) is 5.82 Å². The van der Waals surface area contributed by atoms with Crippen LogP contribution in [0.2, 0.25) is 0 Å². The van der Waals surface area contributed by atoms with E-state index in [1.54, 1.807) is 12.3 Å². The van der Waals surface area contributed by atoms with E-state index in [-0.39, 0.29) is 23.0 Å². The lowest BCUT2D eigenvalue weighted by Crippen LogP contribution is -2.25. The Morgan fingerprint density at radius 3 is 3.00 bits per heavy atom. The van der Waals surface area contributed by atoms with E-state index in [2.05, 4.69) is 4.98 Å². The van der Waals surface area contributed by atoms with Gasteiger partial charge in [0.05, 0.1) is 23.3 Å². The minimum Gasteiger partial charge on any atom is -0.395 e. The summed E-state index contributed by atoms with van der Waals surface area (Å²) in [5.74, 6) is 0.184. The molecule has 2 rings (SSSR count). The third kappa shape index (κ3) is 2.06. The van der Waals surface area contributed by atoms with E-state index in [0.717, 1.165) is 0 Å². The number of aliphatic hydroxyl groups is 2. The Hall–Kier alpha value is -1.05. The van der Waals surface area contributed by atoms with E-state index < -0.39 is 11.8 Å². The molecule has 0 amide bonds. The smallest absolute Gasteiger partial charge is 0.350 e. The molecule has 1 aliphatic heterocycles. The normalized spacial score (nSPS) is 29.5. The maximum absolute atomic E-state index is 11.5. The van der Waals surface area contributed by atoms with Crippen molar-refractivity contribution in [2.75, 3.05) is 12.3 Å². The lowest BCUT2D eigenvalue weighted by molar-refractivity contribution is 0.137. The highest BCUT2D eigenvalue weighted by Crippen LogP contribution is 2.40. The average molecular weight is 243 g/mol. The second-order valence-electron chi connectivity index (χ2n) is 3.66. The number of anilines is 1. The quantitative estimate of drug-likeness (QED) is 0.627. The summed E-state index contributed by atoms with van der Waals surface area (Å²) in [4.78, 5) is 15.2. The number of rotatable bonds is 2. The molecule has 1 aliphatic rings. The first-order chi connectivity index (χ1) is 7.61. The van der Waals surface area contributed by atoms with Crippen molar-refractivity contribution >= 4 is 17.6 Å². The van der Waals surface area contributed by atoms with Crippen LogP contribution < -0.4 is 11.4 Å². The third-order valence-corrected chi connectivity index (χ3v) is 4.09. The van der Waals surface area contributed by atoms with Crippen molar-refractivity contribution in [1.29, 1.82) is 0 Å². The Morgan fingerprint density at radius 2 is 2.44 bits per heavy atom. The van der Waals surface area contributed by atoms with Crippen molar-refractivity contribution in [1.82, 2.24) is 9.55 Å². The SMILES string of the molecule is Nc1ccn(C2CC(O)C(CO)S2)c(=O)n1. The lowest BCUT2D eigenvalue weighted by Gasteiger charge is -2.12. The Bertz CT molecular complexity index is 436. The number of thioether (sulfide) groups is 1.